The molecule has 97 heavy (non-hydrogen) atoms. The topological polar surface area (TPSA) is 394 Å². The maximum atomic E-state index is 13.1. The number of hydrogen-bond donors (Lipinski definition) is 12. The number of Topliss-reactive ketones (excluding diaryl/α,β-unsaturated/α-hetero) is 1. The van der Waals surface area contributed by atoms with Crippen LogP contribution >= 0.6 is 23.5 Å². The van der Waals surface area contributed by atoms with Crippen LogP contribution in [-0.2, 0) is 38.1 Å². The Morgan fingerprint density at radius 3 is 1.45 bits per heavy atom. The van der Waals surface area contributed by atoms with Crippen LogP contribution in [0.4, 0.5) is 0 Å². The van der Waals surface area contributed by atoms with Gasteiger partial charge in [0.15, 0.2) is 12.1 Å². The van der Waals surface area contributed by atoms with Crippen LogP contribution in [0.1, 0.15) is 93.8 Å². The molecule has 5 aromatic carbocycles. The predicted octanol–water partition coefficient (Wildman–Crippen LogP) is 3.30. The number of hydrogen-bond acceptors (Lipinski definition) is 22. The van der Waals surface area contributed by atoms with Crippen LogP contribution < -0.4 is 36.1 Å². The van der Waals surface area contributed by atoms with Crippen molar-refractivity contribution in [2.75, 3.05) is 70.1 Å². The Morgan fingerprint density at radius 2 is 0.979 bits per heavy atom. The molecular formula is C69H85N5O21S2. The van der Waals surface area contributed by atoms with Gasteiger partial charge in [-0.2, -0.15) is 23.5 Å². The van der Waals surface area contributed by atoms with Crippen LogP contribution in [0.2, 0.25) is 0 Å². The molecule has 524 valence electrons. The van der Waals surface area contributed by atoms with E-state index in [-0.39, 0.29) is 42.5 Å². The highest BCUT2D eigenvalue weighted by Gasteiger charge is 2.56. The number of benzene rings is 5. The standard InChI is InChI=1S/C69H85N5O21S2/c1-41(76)73-58-52(79)36-68(40-75,94-62(58)60(83)54(81)38-71-65(86)47-23-17-43(18-24-47)49-12-5-7-15-56(49)90-3)92-30-10-34-97-35-29-70-64(85)46-27-21-45(22-28-46)51(78)14-9-32-96-33-11-31-93-69(67(88)89)37-53(80)59(74-42(2)77)63(95-69)61(84)55(82)39-72-66(87)48-25-19-44(20-26-48)50-13-6-8-16-57(50)91-4/h5-8,12-13,15-28,40,52-55,58-63,79-84H,9-11,14,29-39H2,1-4H3,(H,70,85)(H,71,86)(H,72,87)(H,73,76)(H,74,77)(H,88,89)/t52-,53-,54+,55-,58+,59+,60+,61+,62+,63+,68+,69+/m0/s1. The van der Waals surface area contributed by atoms with Gasteiger partial charge in [-0.05, 0) is 96.2 Å². The molecule has 7 rings (SSSR count). The van der Waals surface area contributed by atoms with Crippen molar-refractivity contribution in [3.63, 3.8) is 0 Å². The number of rotatable bonds is 37. The summed E-state index contributed by atoms with van der Waals surface area (Å²) in [7, 11) is 3.11. The first kappa shape index (κ1) is 76.5. The molecule has 0 spiro atoms. The number of aliphatic hydroxyl groups is 6. The van der Waals surface area contributed by atoms with Gasteiger partial charge in [0.1, 0.15) is 35.9 Å². The van der Waals surface area contributed by atoms with Crippen LogP contribution in [-0.4, -0.2) is 226 Å². The van der Waals surface area contributed by atoms with E-state index in [9.17, 15) is 74.1 Å². The smallest absolute Gasteiger partial charge is 0.364 e. The highest BCUT2D eigenvalue weighted by molar-refractivity contribution is 7.99. The summed E-state index contributed by atoms with van der Waals surface area (Å²) in [5.41, 5.74) is 4.48. The van der Waals surface area contributed by atoms with Gasteiger partial charge >= 0.3 is 5.97 Å². The quantitative estimate of drug-likeness (QED) is 0.0154. The van der Waals surface area contributed by atoms with Gasteiger partial charge in [-0.25, -0.2) is 4.79 Å². The Labute approximate surface area is 569 Å². The Morgan fingerprint density at radius 1 is 0.557 bits per heavy atom. The van der Waals surface area contributed by atoms with E-state index < -0.39 is 128 Å². The lowest BCUT2D eigenvalue weighted by molar-refractivity contribution is -0.310. The summed E-state index contributed by atoms with van der Waals surface area (Å²) in [6, 6.07) is 31.6. The third-order valence-electron chi connectivity index (χ3n) is 16.2. The zero-order valence-electron chi connectivity index (χ0n) is 54.2. The second-order valence-corrected chi connectivity index (χ2v) is 25.7. The number of carbonyl (C=O) groups excluding carboxylic acids is 7. The van der Waals surface area contributed by atoms with E-state index in [1.54, 1.807) is 93.1 Å². The van der Waals surface area contributed by atoms with E-state index >= 15 is 0 Å². The Hall–Kier alpha value is -7.84. The molecule has 26 nitrogen and oxygen atoms in total. The SMILES string of the molecule is COc1ccccc1-c1ccc(C(=O)NC[C@@H](O)[C@@H](O)[C@@H]2O[C@](C=O)(OCCCSCCNC(=O)c3ccc(C(=O)CCCSCCCO[C@]4(C(=O)O)C[C@H](O)[C@@H](NC(C)=O)[C@H]([C@H](O)[C@@H](O)CNC(=O)c5ccc(-c6ccccc6OC)cc5)O4)cc3)C[C@H](O)[C@H]2NC(C)=O)cc1. The van der Waals surface area contributed by atoms with Crippen molar-refractivity contribution in [3.05, 3.63) is 144 Å². The second kappa shape index (κ2) is 37.2. The molecule has 0 bridgehead atoms. The fraction of sp³-hybridized carbons (Fsp3) is 0.449. The molecule has 0 saturated carbocycles. The number of aldehydes is 1. The molecule has 0 aromatic heterocycles. The molecule has 2 aliphatic rings. The average molecular weight is 1380 g/mol. The fourth-order valence-electron chi connectivity index (χ4n) is 11.1. The molecule has 2 aliphatic heterocycles. The van der Waals surface area contributed by atoms with Crippen LogP contribution in [0.25, 0.3) is 22.3 Å². The highest BCUT2D eigenvalue weighted by Crippen LogP contribution is 2.36. The van der Waals surface area contributed by atoms with Gasteiger partial charge in [0.2, 0.25) is 17.6 Å². The maximum absolute atomic E-state index is 13.1. The highest BCUT2D eigenvalue weighted by atomic mass is 32.2. The number of ether oxygens (including phenoxy) is 6. The summed E-state index contributed by atoms with van der Waals surface area (Å²) >= 11 is 2.97. The van der Waals surface area contributed by atoms with E-state index in [0.29, 0.717) is 77.7 Å². The van der Waals surface area contributed by atoms with Crippen molar-refractivity contribution in [2.45, 2.75) is 125 Å². The number of aliphatic hydroxyl groups excluding tert-OH is 6. The van der Waals surface area contributed by atoms with Gasteiger partial charge in [-0.3, -0.25) is 33.6 Å². The van der Waals surface area contributed by atoms with Gasteiger partial charge in [0.25, 0.3) is 23.5 Å². The Kier molecular flexibility index (Phi) is 29.4. The first-order valence-electron chi connectivity index (χ1n) is 31.6. The molecule has 2 fully saturated rings. The Bertz CT molecular complexity index is 3440. The fourth-order valence-corrected chi connectivity index (χ4v) is 12.8. The summed E-state index contributed by atoms with van der Waals surface area (Å²) in [5.74, 6) is -5.63. The van der Waals surface area contributed by atoms with Gasteiger partial charge in [-0.1, -0.05) is 72.8 Å². The molecule has 0 unspecified atom stereocenters. The number of ketones is 1. The average Bonchev–Trinajstić information content (AvgIpc) is 0.783. The van der Waals surface area contributed by atoms with Gasteiger partial charge in [0.05, 0.1) is 63.9 Å². The van der Waals surface area contributed by atoms with Crippen LogP contribution in [0.15, 0.2) is 121 Å². The first-order valence-corrected chi connectivity index (χ1v) is 33.9. The summed E-state index contributed by atoms with van der Waals surface area (Å²) < 4.78 is 34.3. The number of methoxy groups -OCH3 is 2. The number of thioether (sulfide) groups is 2. The number of carboxylic acid groups (broad SMARTS) is 1. The molecule has 28 heteroatoms. The Balaban J connectivity index is 0.771. The molecule has 2 saturated heterocycles. The molecule has 0 aliphatic carbocycles. The van der Waals surface area contributed by atoms with E-state index in [0.717, 1.165) is 29.2 Å². The third-order valence-corrected chi connectivity index (χ3v) is 18.4. The van der Waals surface area contributed by atoms with E-state index in [4.69, 9.17) is 28.4 Å². The van der Waals surface area contributed by atoms with E-state index in [1.807, 2.05) is 42.5 Å². The van der Waals surface area contributed by atoms with E-state index in [1.165, 1.54) is 30.4 Å². The maximum Gasteiger partial charge on any atom is 0.364 e. The summed E-state index contributed by atoms with van der Waals surface area (Å²) in [4.78, 5) is 102. The lowest BCUT2D eigenvalue weighted by Crippen LogP contribution is -2.68. The molecule has 5 aromatic rings. The summed E-state index contributed by atoms with van der Waals surface area (Å²) in [5, 5.41) is 90.4. The molecular weight excluding hydrogens is 1300 g/mol. The minimum Gasteiger partial charge on any atom is -0.496 e. The number of amides is 5. The van der Waals surface area contributed by atoms with E-state index in [2.05, 4.69) is 26.6 Å². The van der Waals surface area contributed by atoms with Crippen molar-refractivity contribution < 1.29 is 103 Å². The molecule has 5 amide bonds. The number of carboxylic acids is 1. The summed E-state index contributed by atoms with van der Waals surface area (Å²) in [6.07, 6.45) is -12.8. The molecule has 2 heterocycles. The number of para-hydroxylation sites is 2. The minimum atomic E-state index is -2.48. The van der Waals surface area contributed by atoms with Gasteiger partial charge in [0, 0.05) is 91.9 Å². The van der Waals surface area contributed by atoms with Crippen LogP contribution in [0.5, 0.6) is 11.5 Å². The molecule has 12 N–H and O–H groups in total. The molecule has 0 radical (unpaired) electrons. The van der Waals surface area contributed by atoms with Gasteiger partial charge < -0.3 is 90.8 Å². The number of nitrogens with one attached hydrogen (secondary N) is 5. The summed E-state index contributed by atoms with van der Waals surface area (Å²) in [6.45, 7) is 1.46. The van der Waals surface area contributed by atoms with Gasteiger partial charge in [-0.15, -0.1) is 0 Å². The molecule has 12 atom stereocenters. The minimum absolute atomic E-state index is 0.0287. The monoisotopic (exact) mass is 1380 g/mol. The zero-order valence-corrected chi connectivity index (χ0v) is 55.8. The lowest BCUT2D eigenvalue weighted by Gasteiger charge is -2.46. The predicted molar refractivity (Wildman–Crippen MR) is 359 cm³/mol. The van der Waals surface area contributed by atoms with Crippen LogP contribution in [0.3, 0.4) is 0 Å². The van der Waals surface area contributed by atoms with Crippen LogP contribution in [0, 0.1) is 0 Å². The van der Waals surface area contributed by atoms with Crippen molar-refractivity contribution in [3.8, 4) is 33.8 Å². The normalized spacial score (nSPS) is 21.9. The number of carbonyl (C=O) groups is 8. The van der Waals surface area contributed by atoms with Crippen molar-refractivity contribution in [1.82, 2.24) is 26.6 Å². The zero-order chi connectivity index (χ0) is 70.2. The van der Waals surface area contributed by atoms with Crippen molar-refractivity contribution in [2.24, 2.45) is 0 Å². The second-order valence-electron chi connectivity index (χ2n) is 23.2. The van der Waals surface area contributed by atoms with Crippen molar-refractivity contribution >= 4 is 71.1 Å². The number of aliphatic carboxylic acids is 1. The lowest BCUT2D eigenvalue weighted by atomic mass is 9.88. The third kappa shape index (κ3) is 21.3. The van der Waals surface area contributed by atoms with Crippen molar-refractivity contribution in [1.29, 1.82) is 0 Å². The first-order chi connectivity index (χ1) is 46.5. The largest absolute Gasteiger partial charge is 0.496 e.